The summed E-state index contributed by atoms with van der Waals surface area (Å²) in [5, 5.41) is 16.3. The highest BCUT2D eigenvalue weighted by molar-refractivity contribution is 6.31. The molecule has 0 fully saturated rings. The maximum Gasteiger partial charge on any atom is 0.243 e. The van der Waals surface area contributed by atoms with Gasteiger partial charge in [-0.15, -0.1) is 0 Å². The monoisotopic (exact) mass is 449 g/mol. The Bertz CT molecular complexity index is 947. The van der Waals surface area contributed by atoms with Crippen LogP contribution in [0.15, 0.2) is 36.4 Å². The van der Waals surface area contributed by atoms with Crippen LogP contribution in [0.25, 0.3) is 0 Å². The number of aromatic nitrogens is 4. The molecule has 0 spiro atoms. The van der Waals surface area contributed by atoms with Crippen molar-refractivity contribution >= 4 is 29.2 Å². The molecule has 1 heterocycles. The van der Waals surface area contributed by atoms with Gasteiger partial charge in [-0.05, 0) is 53.1 Å². The summed E-state index contributed by atoms with van der Waals surface area (Å²) in [6.45, 7) is 6.18. The summed E-state index contributed by atoms with van der Waals surface area (Å²) in [7, 11) is 0. The van der Waals surface area contributed by atoms with Crippen LogP contribution in [0, 0.1) is 0 Å². The van der Waals surface area contributed by atoms with E-state index in [-0.39, 0.29) is 0 Å². The molecular weight excluding hydrogens is 425 g/mol. The normalized spacial score (nSPS) is 10.8. The first-order valence-corrected chi connectivity index (χ1v) is 10.7. The van der Waals surface area contributed by atoms with E-state index in [1.165, 1.54) is 0 Å². The van der Waals surface area contributed by atoms with Gasteiger partial charge in [0, 0.05) is 29.2 Å². The average molecular weight is 450 g/mol. The average Bonchev–Trinajstić information content (AvgIpc) is 3.19. The van der Waals surface area contributed by atoms with Gasteiger partial charge in [0.25, 0.3) is 0 Å². The predicted molar refractivity (Wildman–Crippen MR) is 118 cm³/mol. The van der Waals surface area contributed by atoms with Gasteiger partial charge in [0.2, 0.25) is 5.95 Å². The highest BCUT2D eigenvalue weighted by Crippen LogP contribution is 2.34. The molecule has 0 saturated heterocycles. The molecule has 0 saturated carbocycles. The minimum atomic E-state index is 0.386. The van der Waals surface area contributed by atoms with Gasteiger partial charge in [0.1, 0.15) is 6.61 Å². The van der Waals surface area contributed by atoms with Crippen molar-refractivity contribution in [1.29, 1.82) is 0 Å². The number of anilines is 1. The molecule has 0 aliphatic heterocycles. The SMILES string of the molecule is CCCCn1nnnc1NCc1cc(OCC)c(OCc2ccc(Cl)cc2)cc1Cl. The third-order valence-electron chi connectivity index (χ3n) is 4.41. The molecular formula is C21H25Cl2N5O2. The van der Waals surface area contributed by atoms with Crippen LogP contribution < -0.4 is 14.8 Å². The number of ether oxygens (including phenoxy) is 2. The van der Waals surface area contributed by atoms with Crippen LogP contribution in [-0.2, 0) is 19.7 Å². The highest BCUT2D eigenvalue weighted by Gasteiger charge is 2.13. The van der Waals surface area contributed by atoms with Crippen LogP contribution in [0.3, 0.4) is 0 Å². The lowest BCUT2D eigenvalue weighted by Gasteiger charge is -2.15. The van der Waals surface area contributed by atoms with Crippen LogP contribution in [0.1, 0.15) is 37.8 Å². The minimum absolute atomic E-state index is 0.386. The topological polar surface area (TPSA) is 74.1 Å². The number of halogens is 2. The maximum absolute atomic E-state index is 6.52. The fourth-order valence-electron chi connectivity index (χ4n) is 2.80. The second kappa shape index (κ2) is 11.0. The molecule has 0 amide bonds. The van der Waals surface area contributed by atoms with Crippen LogP contribution in [0.4, 0.5) is 5.95 Å². The summed E-state index contributed by atoms with van der Waals surface area (Å²) in [5.74, 6) is 1.84. The largest absolute Gasteiger partial charge is 0.490 e. The van der Waals surface area contributed by atoms with E-state index in [0.29, 0.717) is 47.3 Å². The Labute approximate surface area is 186 Å². The lowest BCUT2D eigenvalue weighted by Crippen LogP contribution is -2.10. The van der Waals surface area contributed by atoms with E-state index in [2.05, 4.69) is 27.8 Å². The van der Waals surface area contributed by atoms with Gasteiger partial charge in [-0.3, -0.25) is 0 Å². The fourth-order valence-corrected chi connectivity index (χ4v) is 3.15. The summed E-state index contributed by atoms with van der Waals surface area (Å²) < 4.78 is 13.5. The van der Waals surface area contributed by atoms with Gasteiger partial charge in [0.15, 0.2) is 11.5 Å². The van der Waals surface area contributed by atoms with Crippen molar-refractivity contribution in [2.24, 2.45) is 0 Å². The van der Waals surface area contributed by atoms with E-state index < -0.39 is 0 Å². The number of benzene rings is 2. The van der Waals surface area contributed by atoms with Crippen molar-refractivity contribution in [2.75, 3.05) is 11.9 Å². The first kappa shape index (κ1) is 22.2. The zero-order valence-electron chi connectivity index (χ0n) is 17.1. The van der Waals surface area contributed by atoms with Crippen molar-refractivity contribution in [1.82, 2.24) is 20.2 Å². The summed E-state index contributed by atoms with van der Waals surface area (Å²) in [6.07, 6.45) is 2.08. The van der Waals surface area contributed by atoms with Crippen molar-refractivity contribution < 1.29 is 9.47 Å². The zero-order chi connectivity index (χ0) is 21.3. The number of nitrogens with zero attached hydrogens (tertiary/aromatic N) is 4. The first-order chi connectivity index (χ1) is 14.6. The quantitative estimate of drug-likeness (QED) is 0.424. The Morgan fingerprint density at radius 2 is 1.80 bits per heavy atom. The lowest BCUT2D eigenvalue weighted by atomic mass is 10.2. The van der Waals surface area contributed by atoms with E-state index >= 15 is 0 Å². The number of rotatable bonds is 11. The number of unbranched alkanes of at least 4 members (excludes halogenated alkanes) is 1. The molecule has 2 aromatic carbocycles. The number of aryl methyl sites for hydroxylation is 1. The fraction of sp³-hybridized carbons (Fsp3) is 0.381. The van der Waals surface area contributed by atoms with E-state index in [4.69, 9.17) is 32.7 Å². The van der Waals surface area contributed by atoms with Gasteiger partial charge in [-0.1, -0.05) is 53.8 Å². The Morgan fingerprint density at radius 1 is 1.03 bits per heavy atom. The Morgan fingerprint density at radius 3 is 2.53 bits per heavy atom. The van der Waals surface area contributed by atoms with Crippen molar-refractivity contribution in [3.8, 4) is 11.5 Å². The summed E-state index contributed by atoms with van der Waals surface area (Å²) in [6, 6.07) is 11.2. The lowest BCUT2D eigenvalue weighted by molar-refractivity contribution is 0.269. The molecule has 0 atom stereocenters. The smallest absolute Gasteiger partial charge is 0.243 e. The molecule has 0 unspecified atom stereocenters. The number of hydrogen-bond acceptors (Lipinski definition) is 6. The van der Waals surface area contributed by atoms with Crippen molar-refractivity contribution in [3.05, 3.63) is 57.6 Å². The van der Waals surface area contributed by atoms with Gasteiger partial charge in [0.05, 0.1) is 6.61 Å². The van der Waals surface area contributed by atoms with E-state index in [1.54, 1.807) is 10.7 Å². The Balaban J connectivity index is 1.70. The Kier molecular flexibility index (Phi) is 8.16. The molecule has 0 bridgehead atoms. The first-order valence-electron chi connectivity index (χ1n) is 9.93. The van der Waals surface area contributed by atoms with Gasteiger partial charge in [-0.2, -0.15) is 0 Å². The second-order valence-corrected chi connectivity index (χ2v) is 7.51. The third-order valence-corrected chi connectivity index (χ3v) is 5.02. The van der Waals surface area contributed by atoms with Crippen molar-refractivity contribution in [2.45, 2.75) is 46.4 Å². The van der Waals surface area contributed by atoms with E-state index in [0.717, 1.165) is 30.5 Å². The predicted octanol–water partition coefficient (Wildman–Crippen LogP) is 5.37. The minimum Gasteiger partial charge on any atom is -0.490 e. The van der Waals surface area contributed by atoms with Crippen LogP contribution in [-0.4, -0.2) is 26.8 Å². The van der Waals surface area contributed by atoms with Crippen LogP contribution in [0.5, 0.6) is 11.5 Å². The molecule has 160 valence electrons. The van der Waals surface area contributed by atoms with E-state index in [9.17, 15) is 0 Å². The highest BCUT2D eigenvalue weighted by atomic mass is 35.5. The second-order valence-electron chi connectivity index (χ2n) is 6.67. The van der Waals surface area contributed by atoms with Crippen LogP contribution >= 0.6 is 23.2 Å². The standard InChI is InChI=1S/C21H25Cl2N5O2/c1-3-5-10-28-21(25-26-27-28)24-13-16-11-19(29-4-2)20(12-18(16)23)30-14-15-6-8-17(22)9-7-15/h6-9,11-12H,3-5,10,13-14H2,1-2H3,(H,24,25,27). The molecule has 1 N–H and O–H groups in total. The van der Waals surface area contributed by atoms with Crippen LogP contribution in [0.2, 0.25) is 10.0 Å². The molecule has 3 rings (SSSR count). The molecule has 0 aliphatic carbocycles. The van der Waals surface area contributed by atoms with E-state index in [1.807, 2.05) is 37.3 Å². The van der Waals surface area contributed by atoms with Gasteiger partial charge < -0.3 is 14.8 Å². The zero-order valence-corrected chi connectivity index (χ0v) is 18.6. The molecule has 9 heteroatoms. The molecule has 0 radical (unpaired) electrons. The summed E-state index contributed by atoms with van der Waals surface area (Å²) >= 11 is 12.5. The van der Waals surface area contributed by atoms with Crippen molar-refractivity contribution in [3.63, 3.8) is 0 Å². The number of hydrogen-bond donors (Lipinski definition) is 1. The van der Waals surface area contributed by atoms with Gasteiger partial charge >= 0.3 is 0 Å². The molecule has 3 aromatic rings. The summed E-state index contributed by atoms with van der Waals surface area (Å²) in [4.78, 5) is 0. The third kappa shape index (κ3) is 6.00. The maximum atomic E-state index is 6.52. The number of nitrogens with one attached hydrogen (secondary N) is 1. The Hall–Kier alpha value is -2.51. The summed E-state index contributed by atoms with van der Waals surface area (Å²) in [5.41, 5.74) is 1.87. The molecule has 7 nitrogen and oxygen atoms in total. The molecule has 30 heavy (non-hydrogen) atoms. The number of tetrazole rings is 1. The molecule has 1 aromatic heterocycles. The van der Waals surface area contributed by atoms with Gasteiger partial charge in [-0.25, -0.2) is 4.68 Å². The molecule has 0 aliphatic rings.